The Morgan fingerprint density at radius 3 is 2.58 bits per heavy atom. The van der Waals surface area contributed by atoms with Crippen LogP contribution < -0.4 is 5.73 Å². The molecule has 1 heteroatoms. The summed E-state index contributed by atoms with van der Waals surface area (Å²) in [7, 11) is 0. The van der Waals surface area contributed by atoms with E-state index in [1.165, 1.54) is 5.56 Å². The predicted octanol–water partition coefficient (Wildman–Crippen LogP) is 2.65. The summed E-state index contributed by atoms with van der Waals surface area (Å²) in [6, 6.07) is 10.3. The average Bonchev–Trinajstić information content (AvgIpc) is 2.15. The van der Waals surface area contributed by atoms with E-state index in [0.29, 0.717) is 0 Å². The van der Waals surface area contributed by atoms with Gasteiger partial charge in [-0.1, -0.05) is 36.4 Å². The molecule has 0 aliphatic carbocycles. The maximum absolute atomic E-state index is 5.93. The first kappa shape index (κ1) is 9.01. The molecule has 1 aromatic rings. The lowest BCUT2D eigenvalue weighted by Gasteiger charge is -2.09. The SMILES string of the molecule is C=CCCC(N)c1ccccc1. The molecule has 64 valence electrons. The van der Waals surface area contributed by atoms with Crippen molar-refractivity contribution in [2.45, 2.75) is 18.9 Å². The highest BCUT2D eigenvalue weighted by atomic mass is 14.6. The molecule has 0 aliphatic rings. The smallest absolute Gasteiger partial charge is 0.0297 e. The molecule has 1 unspecified atom stereocenters. The number of hydrogen-bond donors (Lipinski definition) is 1. The minimum absolute atomic E-state index is 0.157. The molecule has 0 radical (unpaired) electrons. The van der Waals surface area contributed by atoms with Gasteiger partial charge in [0, 0.05) is 6.04 Å². The van der Waals surface area contributed by atoms with Gasteiger partial charge in [0.1, 0.15) is 0 Å². The van der Waals surface area contributed by atoms with Crippen LogP contribution in [0.3, 0.4) is 0 Å². The normalized spacial score (nSPS) is 12.4. The molecule has 1 atom stereocenters. The molecular weight excluding hydrogens is 146 g/mol. The van der Waals surface area contributed by atoms with Crippen molar-refractivity contribution in [1.82, 2.24) is 0 Å². The van der Waals surface area contributed by atoms with E-state index in [-0.39, 0.29) is 6.04 Å². The summed E-state index contributed by atoms with van der Waals surface area (Å²) < 4.78 is 0. The molecule has 1 aromatic carbocycles. The molecule has 1 rings (SSSR count). The fourth-order valence-electron chi connectivity index (χ4n) is 1.16. The largest absolute Gasteiger partial charge is 0.324 e. The van der Waals surface area contributed by atoms with Crippen molar-refractivity contribution in [2.24, 2.45) is 5.73 Å². The van der Waals surface area contributed by atoms with Gasteiger partial charge in [-0.3, -0.25) is 0 Å². The van der Waals surface area contributed by atoms with Crippen molar-refractivity contribution >= 4 is 0 Å². The number of nitrogens with two attached hydrogens (primary N) is 1. The van der Waals surface area contributed by atoms with Gasteiger partial charge in [-0.05, 0) is 18.4 Å². The molecular formula is C11H15N. The fraction of sp³-hybridized carbons (Fsp3) is 0.273. The maximum Gasteiger partial charge on any atom is 0.0297 e. The van der Waals surface area contributed by atoms with Crippen LogP contribution in [0.25, 0.3) is 0 Å². The van der Waals surface area contributed by atoms with Gasteiger partial charge in [0.05, 0.1) is 0 Å². The van der Waals surface area contributed by atoms with E-state index in [1.54, 1.807) is 0 Å². The molecule has 2 N–H and O–H groups in total. The molecule has 0 aliphatic heterocycles. The summed E-state index contributed by atoms with van der Waals surface area (Å²) in [4.78, 5) is 0. The number of hydrogen-bond acceptors (Lipinski definition) is 1. The molecule has 0 spiro atoms. The molecule has 0 bridgehead atoms. The first-order valence-corrected chi connectivity index (χ1v) is 4.26. The van der Waals surface area contributed by atoms with Gasteiger partial charge in [0.25, 0.3) is 0 Å². The van der Waals surface area contributed by atoms with E-state index in [4.69, 9.17) is 5.73 Å². The van der Waals surface area contributed by atoms with Gasteiger partial charge in [0.2, 0.25) is 0 Å². The highest BCUT2D eigenvalue weighted by molar-refractivity contribution is 5.18. The topological polar surface area (TPSA) is 26.0 Å². The van der Waals surface area contributed by atoms with Crippen molar-refractivity contribution in [2.75, 3.05) is 0 Å². The minimum Gasteiger partial charge on any atom is -0.324 e. The van der Waals surface area contributed by atoms with Crippen LogP contribution in [-0.4, -0.2) is 0 Å². The van der Waals surface area contributed by atoms with Crippen molar-refractivity contribution in [3.63, 3.8) is 0 Å². The Labute approximate surface area is 73.9 Å². The van der Waals surface area contributed by atoms with E-state index >= 15 is 0 Å². The maximum atomic E-state index is 5.93. The Morgan fingerprint density at radius 2 is 2.00 bits per heavy atom. The standard InChI is InChI=1S/C11H15N/c1-2-3-9-11(12)10-7-5-4-6-8-10/h2,4-8,11H,1,3,9,12H2. The van der Waals surface area contributed by atoms with Crippen molar-refractivity contribution < 1.29 is 0 Å². The van der Waals surface area contributed by atoms with Crippen LogP contribution in [0.2, 0.25) is 0 Å². The summed E-state index contributed by atoms with van der Waals surface area (Å²) in [5, 5.41) is 0. The first-order chi connectivity index (χ1) is 5.84. The lowest BCUT2D eigenvalue weighted by molar-refractivity contribution is 0.661. The molecule has 0 amide bonds. The fourth-order valence-corrected chi connectivity index (χ4v) is 1.16. The first-order valence-electron chi connectivity index (χ1n) is 4.26. The third-order valence-corrected chi connectivity index (χ3v) is 1.91. The van der Waals surface area contributed by atoms with Crippen molar-refractivity contribution in [3.8, 4) is 0 Å². The number of allylic oxidation sites excluding steroid dienone is 1. The predicted molar refractivity (Wildman–Crippen MR) is 52.8 cm³/mol. The van der Waals surface area contributed by atoms with E-state index in [9.17, 15) is 0 Å². The Balaban J connectivity index is 2.53. The van der Waals surface area contributed by atoms with Crippen LogP contribution in [-0.2, 0) is 0 Å². The minimum atomic E-state index is 0.157. The third-order valence-electron chi connectivity index (χ3n) is 1.91. The summed E-state index contributed by atoms with van der Waals surface area (Å²) >= 11 is 0. The zero-order valence-electron chi connectivity index (χ0n) is 7.24. The lowest BCUT2D eigenvalue weighted by atomic mass is 10.0. The molecule has 1 nitrogen and oxygen atoms in total. The lowest BCUT2D eigenvalue weighted by Crippen LogP contribution is -2.09. The summed E-state index contributed by atoms with van der Waals surface area (Å²) in [6.07, 6.45) is 3.87. The molecule has 0 aromatic heterocycles. The van der Waals surface area contributed by atoms with E-state index in [0.717, 1.165) is 12.8 Å². The number of benzene rings is 1. The molecule has 12 heavy (non-hydrogen) atoms. The van der Waals surface area contributed by atoms with Gasteiger partial charge in [-0.25, -0.2) is 0 Å². The van der Waals surface area contributed by atoms with Crippen LogP contribution >= 0.6 is 0 Å². The summed E-state index contributed by atoms with van der Waals surface area (Å²) in [5.41, 5.74) is 7.14. The highest BCUT2D eigenvalue weighted by Crippen LogP contribution is 2.14. The van der Waals surface area contributed by atoms with Crippen molar-refractivity contribution in [3.05, 3.63) is 48.6 Å². The second-order valence-corrected chi connectivity index (χ2v) is 2.88. The summed E-state index contributed by atoms with van der Waals surface area (Å²) in [5.74, 6) is 0. The molecule has 0 saturated heterocycles. The second kappa shape index (κ2) is 4.73. The molecule has 0 heterocycles. The number of rotatable bonds is 4. The zero-order valence-corrected chi connectivity index (χ0v) is 7.24. The average molecular weight is 161 g/mol. The molecule has 0 fully saturated rings. The van der Waals surface area contributed by atoms with Gasteiger partial charge in [-0.2, -0.15) is 0 Å². The van der Waals surface area contributed by atoms with Crippen LogP contribution in [0.4, 0.5) is 0 Å². The second-order valence-electron chi connectivity index (χ2n) is 2.88. The molecule has 0 saturated carbocycles. The monoisotopic (exact) mass is 161 g/mol. The van der Waals surface area contributed by atoms with Gasteiger partial charge >= 0.3 is 0 Å². The van der Waals surface area contributed by atoms with E-state index < -0.39 is 0 Å². The van der Waals surface area contributed by atoms with Crippen LogP contribution in [0.1, 0.15) is 24.4 Å². The van der Waals surface area contributed by atoms with Crippen molar-refractivity contribution in [1.29, 1.82) is 0 Å². The van der Waals surface area contributed by atoms with Crippen LogP contribution in [0.15, 0.2) is 43.0 Å². The Hall–Kier alpha value is -1.08. The third kappa shape index (κ3) is 2.51. The quantitative estimate of drug-likeness (QED) is 0.675. The van der Waals surface area contributed by atoms with Crippen LogP contribution in [0, 0.1) is 0 Å². The summed E-state index contributed by atoms with van der Waals surface area (Å²) in [6.45, 7) is 3.67. The highest BCUT2D eigenvalue weighted by Gasteiger charge is 2.02. The van der Waals surface area contributed by atoms with Gasteiger partial charge in [-0.15, -0.1) is 6.58 Å². The van der Waals surface area contributed by atoms with Gasteiger partial charge in [0.15, 0.2) is 0 Å². The Morgan fingerprint density at radius 1 is 1.33 bits per heavy atom. The Kier molecular flexibility index (Phi) is 3.55. The van der Waals surface area contributed by atoms with Gasteiger partial charge < -0.3 is 5.73 Å². The Bertz CT molecular complexity index is 228. The van der Waals surface area contributed by atoms with Crippen LogP contribution in [0.5, 0.6) is 0 Å². The van der Waals surface area contributed by atoms with E-state index in [1.807, 2.05) is 24.3 Å². The zero-order chi connectivity index (χ0) is 8.81. The van der Waals surface area contributed by atoms with E-state index in [2.05, 4.69) is 18.7 Å².